The summed E-state index contributed by atoms with van der Waals surface area (Å²) < 4.78 is 14.8. The zero-order valence-corrected chi connectivity index (χ0v) is 55.3. The minimum atomic E-state index is 1.09. The Bertz CT molecular complexity index is 6420. The predicted molar refractivity (Wildman–Crippen MR) is 429 cm³/mol. The summed E-state index contributed by atoms with van der Waals surface area (Å²) in [7, 11) is 0. The fourth-order valence-electron chi connectivity index (χ4n) is 17.5. The van der Waals surface area contributed by atoms with E-state index in [4.69, 9.17) is 0 Å². The summed E-state index contributed by atoms with van der Waals surface area (Å²) in [4.78, 5) is 0. The summed E-state index contributed by atoms with van der Waals surface area (Å²) in [6.07, 6.45) is 0. The second-order valence-electron chi connectivity index (χ2n) is 27.1. The van der Waals surface area contributed by atoms with Gasteiger partial charge in [-0.2, -0.15) is 0 Å². The van der Waals surface area contributed by atoms with Crippen LogP contribution in [-0.4, -0.2) is 27.4 Å². The Morgan fingerprint density at radius 1 is 0.127 bits per heavy atom. The van der Waals surface area contributed by atoms with Crippen molar-refractivity contribution < 1.29 is 0 Å². The zero-order chi connectivity index (χ0) is 66.7. The van der Waals surface area contributed by atoms with Gasteiger partial charge in [0.05, 0.1) is 83.3 Å². The van der Waals surface area contributed by atoms with Crippen molar-refractivity contribution in [3.8, 4) is 67.5 Å². The van der Waals surface area contributed by atoms with E-state index >= 15 is 0 Å². The average Bonchev–Trinajstić information content (AvgIpc) is 1.57. The topological polar surface area (TPSA) is 29.6 Å². The molecule has 6 aromatic heterocycles. The summed E-state index contributed by atoms with van der Waals surface area (Å²) in [6, 6.07) is 135. The number of hydrogen-bond acceptors (Lipinski definition) is 0. The minimum absolute atomic E-state index is 1.09. The first-order chi connectivity index (χ1) is 50.6. The molecule has 474 valence electrons. The van der Waals surface area contributed by atoms with Gasteiger partial charge >= 0.3 is 0 Å². The van der Waals surface area contributed by atoms with Crippen molar-refractivity contribution in [3.05, 3.63) is 364 Å². The second-order valence-corrected chi connectivity index (χ2v) is 27.1. The fraction of sp³-hybridized carbons (Fsp3) is 0. The number of hydrogen-bond donors (Lipinski definition) is 0. The Hall–Kier alpha value is -13.7. The van der Waals surface area contributed by atoms with Gasteiger partial charge in [0, 0.05) is 81.7 Å². The van der Waals surface area contributed by atoms with E-state index in [9.17, 15) is 0 Å². The fourth-order valence-corrected chi connectivity index (χ4v) is 17.5. The lowest BCUT2D eigenvalue weighted by Gasteiger charge is -2.16. The second kappa shape index (κ2) is 21.9. The molecule has 22 rings (SSSR count). The minimum Gasteiger partial charge on any atom is -0.309 e. The van der Waals surface area contributed by atoms with E-state index < -0.39 is 0 Å². The summed E-state index contributed by atoms with van der Waals surface area (Å²) >= 11 is 0. The molecule has 0 amide bonds. The highest BCUT2D eigenvalue weighted by Crippen LogP contribution is 2.46. The van der Waals surface area contributed by atoms with Gasteiger partial charge in [-0.05, 0) is 179 Å². The van der Waals surface area contributed by atoms with Crippen LogP contribution in [0.25, 0.3) is 198 Å². The number of nitrogens with zero attached hydrogens (tertiary/aromatic N) is 6. The Kier molecular flexibility index (Phi) is 12.1. The van der Waals surface area contributed by atoms with Crippen LogP contribution in [0, 0.1) is 0 Å². The molecule has 0 unspecified atom stereocenters. The molecule has 16 aromatic carbocycles. The standard InChI is InChI=1S/C96H60N6/c1-10-40-79-70(31-1)71-32-2-11-41-80(71)100(79)91-52-22-49-88-94(91)76-37-7-16-46-85(76)97(88)67-28-19-25-61(58-67)64-55-65(62-26-20-29-68(59-62)98-86-47-17-8-38-77(86)95-89(98)50-23-53-92(95)101-81-42-12-3-33-72(81)73-34-4-13-43-82(73)101)57-66(56-64)63-27-21-30-69(60-63)99-87-48-18-9-39-78(87)96-90(99)51-24-54-93(96)102-83-44-14-5-35-74(83)75-36-6-15-45-84(75)102/h1-60H. The van der Waals surface area contributed by atoms with Crippen molar-refractivity contribution in [1.29, 1.82) is 0 Å². The van der Waals surface area contributed by atoms with E-state index in [-0.39, 0.29) is 0 Å². The summed E-state index contributed by atoms with van der Waals surface area (Å²) in [5, 5.41) is 14.7. The highest BCUT2D eigenvalue weighted by molar-refractivity contribution is 6.20. The van der Waals surface area contributed by atoms with Crippen molar-refractivity contribution >= 4 is 131 Å². The highest BCUT2D eigenvalue weighted by Gasteiger charge is 2.25. The van der Waals surface area contributed by atoms with Gasteiger partial charge in [0.2, 0.25) is 0 Å². The monoisotopic (exact) mass is 1300 g/mol. The van der Waals surface area contributed by atoms with E-state index in [1.54, 1.807) is 0 Å². The first kappa shape index (κ1) is 56.3. The van der Waals surface area contributed by atoms with Crippen LogP contribution >= 0.6 is 0 Å². The van der Waals surface area contributed by atoms with E-state index in [0.29, 0.717) is 0 Å². The molecule has 0 bridgehead atoms. The average molecular weight is 1300 g/mol. The maximum atomic E-state index is 2.47. The molecule has 0 spiro atoms. The first-order valence-corrected chi connectivity index (χ1v) is 35.1. The van der Waals surface area contributed by atoms with Gasteiger partial charge in [0.1, 0.15) is 0 Å². The van der Waals surface area contributed by atoms with Crippen LogP contribution in [0.4, 0.5) is 0 Å². The predicted octanol–water partition coefficient (Wildman–Crippen LogP) is 25.3. The molecular formula is C96H60N6. The SMILES string of the molecule is c1cc(-c2cc(-c3cccc(-n4c5ccccc5c5c(-n6c7ccccc7c7ccccc76)cccc54)c3)cc(-c3cccc(-n4c5ccccc5c5c(-n6c7ccccc7c7ccccc76)cccc54)c3)c2)cc(-n2c3ccccc3c3c(-n4c5ccccc5c5ccccc54)cccc32)c1. The van der Waals surface area contributed by atoms with E-state index in [0.717, 1.165) is 101 Å². The lowest BCUT2D eigenvalue weighted by atomic mass is 9.93. The summed E-state index contributed by atoms with van der Waals surface area (Å²) in [5.41, 5.74) is 27.5. The highest BCUT2D eigenvalue weighted by atomic mass is 15.0. The maximum Gasteiger partial charge on any atom is 0.0562 e. The van der Waals surface area contributed by atoms with Crippen LogP contribution in [0.15, 0.2) is 364 Å². The molecule has 0 fully saturated rings. The zero-order valence-electron chi connectivity index (χ0n) is 55.3. The lowest BCUT2D eigenvalue weighted by molar-refractivity contribution is 1.17. The Labute approximate surface area is 586 Å². The Morgan fingerprint density at radius 2 is 0.324 bits per heavy atom. The van der Waals surface area contributed by atoms with Crippen molar-refractivity contribution in [2.24, 2.45) is 0 Å². The third kappa shape index (κ3) is 8.17. The molecule has 0 atom stereocenters. The van der Waals surface area contributed by atoms with Crippen LogP contribution in [-0.2, 0) is 0 Å². The largest absolute Gasteiger partial charge is 0.309 e. The van der Waals surface area contributed by atoms with Gasteiger partial charge in [-0.25, -0.2) is 0 Å². The van der Waals surface area contributed by atoms with Crippen molar-refractivity contribution in [2.75, 3.05) is 0 Å². The van der Waals surface area contributed by atoms with Gasteiger partial charge in [-0.3, -0.25) is 0 Å². The van der Waals surface area contributed by atoms with Gasteiger partial charge in [0.25, 0.3) is 0 Å². The quantitative estimate of drug-likeness (QED) is 0.138. The summed E-state index contributed by atoms with van der Waals surface area (Å²) in [6.45, 7) is 0. The first-order valence-electron chi connectivity index (χ1n) is 35.1. The molecule has 0 saturated heterocycles. The number of rotatable bonds is 9. The van der Waals surface area contributed by atoms with E-state index in [1.807, 2.05) is 0 Å². The normalized spacial score (nSPS) is 12.1. The molecule has 22 aromatic rings. The molecule has 102 heavy (non-hydrogen) atoms. The van der Waals surface area contributed by atoms with Gasteiger partial charge in [-0.1, -0.05) is 218 Å². The molecular weight excluding hydrogens is 1240 g/mol. The molecule has 0 aliphatic carbocycles. The molecule has 0 radical (unpaired) electrons. The van der Waals surface area contributed by atoms with Crippen LogP contribution < -0.4 is 0 Å². The lowest BCUT2D eigenvalue weighted by Crippen LogP contribution is -1.97. The van der Waals surface area contributed by atoms with E-state index in [1.165, 1.54) is 97.7 Å². The summed E-state index contributed by atoms with van der Waals surface area (Å²) in [5.74, 6) is 0. The number of fused-ring (bicyclic) bond motifs is 18. The maximum absolute atomic E-state index is 2.47. The molecule has 6 heterocycles. The number of aromatic nitrogens is 6. The van der Waals surface area contributed by atoms with Crippen LogP contribution in [0.2, 0.25) is 0 Å². The molecule has 0 aliphatic rings. The molecule has 0 N–H and O–H groups in total. The Morgan fingerprint density at radius 3 is 0.569 bits per heavy atom. The number of benzene rings is 16. The molecule has 6 heteroatoms. The van der Waals surface area contributed by atoms with Crippen molar-refractivity contribution in [2.45, 2.75) is 0 Å². The van der Waals surface area contributed by atoms with Crippen molar-refractivity contribution in [1.82, 2.24) is 27.4 Å². The molecule has 6 nitrogen and oxygen atoms in total. The third-order valence-electron chi connectivity index (χ3n) is 21.7. The van der Waals surface area contributed by atoms with Crippen molar-refractivity contribution in [3.63, 3.8) is 0 Å². The van der Waals surface area contributed by atoms with E-state index in [2.05, 4.69) is 391 Å². The van der Waals surface area contributed by atoms with Crippen LogP contribution in [0.1, 0.15) is 0 Å². The van der Waals surface area contributed by atoms with Gasteiger partial charge < -0.3 is 27.4 Å². The smallest absolute Gasteiger partial charge is 0.0562 e. The number of para-hydroxylation sites is 9. The van der Waals surface area contributed by atoms with Crippen LogP contribution in [0.5, 0.6) is 0 Å². The third-order valence-corrected chi connectivity index (χ3v) is 21.7. The van der Waals surface area contributed by atoms with Gasteiger partial charge in [0.15, 0.2) is 0 Å². The molecule has 0 aliphatic heterocycles. The van der Waals surface area contributed by atoms with Gasteiger partial charge in [-0.15, -0.1) is 0 Å². The molecule has 0 saturated carbocycles. The Balaban J connectivity index is 0.740. The van der Waals surface area contributed by atoms with Crippen LogP contribution in [0.3, 0.4) is 0 Å².